The average Bonchev–Trinajstić information content (AvgIpc) is 2.63. The average molecular weight is 190 g/mol. The normalized spacial score (nSPS) is 10.7. The van der Waals surface area contributed by atoms with Gasteiger partial charge in [0.2, 0.25) is 0 Å². The summed E-state index contributed by atoms with van der Waals surface area (Å²) in [5.74, 6) is 0. The molecule has 1 aromatic heterocycles. The van der Waals surface area contributed by atoms with Crippen LogP contribution in [0, 0.1) is 0 Å². The van der Waals surface area contributed by atoms with Crippen molar-refractivity contribution in [3.63, 3.8) is 0 Å². The quantitative estimate of drug-likeness (QED) is 0.745. The SMILES string of the molecule is CCN(CC)c1nc2ccccc2o1. The van der Waals surface area contributed by atoms with E-state index in [1.807, 2.05) is 24.3 Å². The fraction of sp³-hybridized carbons (Fsp3) is 0.364. The molecule has 2 aromatic rings. The van der Waals surface area contributed by atoms with Crippen LogP contribution in [0.3, 0.4) is 0 Å². The second kappa shape index (κ2) is 3.70. The van der Waals surface area contributed by atoms with Gasteiger partial charge in [-0.05, 0) is 26.0 Å². The number of benzene rings is 1. The van der Waals surface area contributed by atoms with Gasteiger partial charge in [-0.25, -0.2) is 0 Å². The number of anilines is 1. The molecule has 0 saturated carbocycles. The maximum atomic E-state index is 5.63. The molecule has 0 amide bonds. The van der Waals surface area contributed by atoms with Gasteiger partial charge in [-0.2, -0.15) is 4.98 Å². The Balaban J connectivity index is 2.43. The molecule has 0 aliphatic rings. The van der Waals surface area contributed by atoms with Crippen molar-refractivity contribution in [1.29, 1.82) is 0 Å². The Morgan fingerprint density at radius 3 is 2.57 bits per heavy atom. The van der Waals surface area contributed by atoms with E-state index in [9.17, 15) is 0 Å². The zero-order valence-corrected chi connectivity index (χ0v) is 8.53. The minimum absolute atomic E-state index is 0.719. The minimum atomic E-state index is 0.719. The first-order chi connectivity index (χ1) is 6.85. The van der Waals surface area contributed by atoms with Crippen LogP contribution in [0.1, 0.15) is 13.8 Å². The molecule has 0 aliphatic heterocycles. The molecular formula is C11H14N2O. The minimum Gasteiger partial charge on any atom is -0.423 e. The van der Waals surface area contributed by atoms with Crippen molar-refractivity contribution in [1.82, 2.24) is 4.98 Å². The predicted molar refractivity (Wildman–Crippen MR) is 57.6 cm³/mol. The van der Waals surface area contributed by atoms with Crippen molar-refractivity contribution in [2.24, 2.45) is 0 Å². The highest BCUT2D eigenvalue weighted by Gasteiger charge is 2.09. The first-order valence-corrected chi connectivity index (χ1v) is 4.95. The molecule has 1 heterocycles. The summed E-state index contributed by atoms with van der Waals surface area (Å²) in [6.45, 7) is 6.03. The molecule has 0 unspecified atom stereocenters. The van der Waals surface area contributed by atoms with Crippen LogP contribution in [0.15, 0.2) is 28.7 Å². The van der Waals surface area contributed by atoms with Crippen LogP contribution in [0.4, 0.5) is 6.01 Å². The monoisotopic (exact) mass is 190 g/mol. The number of nitrogens with zero attached hydrogens (tertiary/aromatic N) is 2. The smallest absolute Gasteiger partial charge is 0.298 e. The van der Waals surface area contributed by atoms with E-state index in [1.165, 1.54) is 0 Å². The van der Waals surface area contributed by atoms with E-state index >= 15 is 0 Å². The number of fused-ring (bicyclic) bond motifs is 1. The van der Waals surface area contributed by atoms with Gasteiger partial charge < -0.3 is 9.32 Å². The Morgan fingerprint density at radius 2 is 1.93 bits per heavy atom. The Hall–Kier alpha value is -1.51. The van der Waals surface area contributed by atoms with E-state index in [0.29, 0.717) is 0 Å². The molecule has 1 aromatic carbocycles. The molecule has 2 rings (SSSR count). The van der Waals surface area contributed by atoms with E-state index in [2.05, 4.69) is 23.7 Å². The number of aromatic nitrogens is 1. The molecule has 0 spiro atoms. The Bertz CT molecular complexity index is 385. The summed E-state index contributed by atoms with van der Waals surface area (Å²) in [4.78, 5) is 6.51. The highest BCUT2D eigenvalue weighted by Crippen LogP contribution is 2.20. The van der Waals surface area contributed by atoms with Crippen LogP contribution in [0.5, 0.6) is 0 Å². The van der Waals surface area contributed by atoms with Gasteiger partial charge in [-0.1, -0.05) is 12.1 Å². The molecule has 0 saturated heterocycles. The summed E-state index contributed by atoms with van der Waals surface area (Å²) in [5.41, 5.74) is 1.78. The number of rotatable bonds is 3. The Labute approximate surface area is 83.3 Å². The van der Waals surface area contributed by atoms with E-state index in [0.717, 1.165) is 30.2 Å². The Morgan fingerprint density at radius 1 is 1.21 bits per heavy atom. The summed E-state index contributed by atoms with van der Waals surface area (Å²) < 4.78 is 5.63. The second-order valence-corrected chi connectivity index (χ2v) is 3.14. The van der Waals surface area contributed by atoms with Gasteiger partial charge in [-0.3, -0.25) is 0 Å². The first-order valence-electron chi connectivity index (χ1n) is 4.95. The molecule has 3 nitrogen and oxygen atoms in total. The molecular weight excluding hydrogens is 176 g/mol. The number of oxazole rings is 1. The fourth-order valence-electron chi connectivity index (χ4n) is 1.49. The van der Waals surface area contributed by atoms with Crippen LogP contribution < -0.4 is 4.90 Å². The van der Waals surface area contributed by atoms with E-state index < -0.39 is 0 Å². The van der Waals surface area contributed by atoms with Gasteiger partial charge in [-0.15, -0.1) is 0 Å². The van der Waals surface area contributed by atoms with Crippen molar-refractivity contribution in [3.8, 4) is 0 Å². The van der Waals surface area contributed by atoms with Gasteiger partial charge in [0.25, 0.3) is 6.01 Å². The summed E-state index contributed by atoms with van der Waals surface area (Å²) >= 11 is 0. The Kier molecular flexibility index (Phi) is 2.39. The van der Waals surface area contributed by atoms with Crippen molar-refractivity contribution in [2.75, 3.05) is 18.0 Å². The van der Waals surface area contributed by atoms with E-state index in [1.54, 1.807) is 0 Å². The molecule has 0 radical (unpaired) electrons. The summed E-state index contributed by atoms with van der Waals surface area (Å²) in [6.07, 6.45) is 0. The lowest BCUT2D eigenvalue weighted by molar-refractivity contribution is 0.576. The zero-order valence-electron chi connectivity index (χ0n) is 8.53. The predicted octanol–water partition coefficient (Wildman–Crippen LogP) is 2.67. The number of para-hydroxylation sites is 2. The highest BCUT2D eigenvalue weighted by atomic mass is 16.4. The van der Waals surface area contributed by atoms with E-state index in [-0.39, 0.29) is 0 Å². The molecule has 74 valence electrons. The van der Waals surface area contributed by atoms with Gasteiger partial charge in [0.1, 0.15) is 5.52 Å². The van der Waals surface area contributed by atoms with Crippen LogP contribution in [0.25, 0.3) is 11.1 Å². The van der Waals surface area contributed by atoms with Crippen molar-refractivity contribution >= 4 is 17.1 Å². The molecule has 0 aliphatic carbocycles. The third-order valence-electron chi connectivity index (χ3n) is 2.32. The third kappa shape index (κ3) is 1.45. The van der Waals surface area contributed by atoms with Gasteiger partial charge in [0.05, 0.1) is 0 Å². The first kappa shape index (κ1) is 9.06. The molecule has 0 bridgehead atoms. The molecule has 14 heavy (non-hydrogen) atoms. The van der Waals surface area contributed by atoms with Gasteiger partial charge >= 0.3 is 0 Å². The summed E-state index contributed by atoms with van der Waals surface area (Å²) in [5, 5.41) is 0. The maximum Gasteiger partial charge on any atom is 0.298 e. The maximum absolute atomic E-state index is 5.63. The third-order valence-corrected chi connectivity index (χ3v) is 2.32. The number of hydrogen-bond acceptors (Lipinski definition) is 3. The van der Waals surface area contributed by atoms with Gasteiger partial charge in [0, 0.05) is 13.1 Å². The van der Waals surface area contributed by atoms with Crippen molar-refractivity contribution < 1.29 is 4.42 Å². The fourth-order valence-corrected chi connectivity index (χ4v) is 1.49. The topological polar surface area (TPSA) is 29.3 Å². The molecule has 0 N–H and O–H groups in total. The molecule has 0 fully saturated rings. The second-order valence-electron chi connectivity index (χ2n) is 3.14. The summed E-state index contributed by atoms with van der Waals surface area (Å²) in [6, 6.07) is 8.55. The van der Waals surface area contributed by atoms with Crippen LogP contribution in [-0.4, -0.2) is 18.1 Å². The lowest BCUT2D eigenvalue weighted by Gasteiger charge is -2.14. The molecule has 0 atom stereocenters. The lowest BCUT2D eigenvalue weighted by Crippen LogP contribution is -2.21. The number of hydrogen-bond donors (Lipinski definition) is 0. The van der Waals surface area contributed by atoms with Crippen molar-refractivity contribution in [2.45, 2.75) is 13.8 Å². The lowest BCUT2D eigenvalue weighted by atomic mass is 10.3. The van der Waals surface area contributed by atoms with Crippen molar-refractivity contribution in [3.05, 3.63) is 24.3 Å². The molecule has 3 heteroatoms. The van der Waals surface area contributed by atoms with Crippen LogP contribution in [-0.2, 0) is 0 Å². The largest absolute Gasteiger partial charge is 0.423 e. The highest BCUT2D eigenvalue weighted by molar-refractivity contribution is 5.74. The van der Waals surface area contributed by atoms with Crippen LogP contribution >= 0.6 is 0 Å². The van der Waals surface area contributed by atoms with Crippen LogP contribution in [0.2, 0.25) is 0 Å². The van der Waals surface area contributed by atoms with E-state index in [4.69, 9.17) is 4.42 Å². The van der Waals surface area contributed by atoms with Gasteiger partial charge in [0.15, 0.2) is 5.58 Å². The zero-order chi connectivity index (χ0) is 9.97. The summed E-state index contributed by atoms with van der Waals surface area (Å²) in [7, 11) is 0. The standard InChI is InChI=1S/C11H14N2O/c1-3-13(4-2)11-12-9-7-5-6-8-10(9)14-11/h5-8H,3-4H2,1-2H3.